The lowest BCUT2D eigenvalue weighted by molar-refractivity contribution is -0.118. The molecule has 21 heavy (non-hydrogen) atoms. The van der Waals surface area contributed by atoms with Crippen LogP contribution in [0.25, 0.3) is 0 Å². The largest absolute Gasteiger partial charge is 0.484 e. The summed E-state index contributed by atoms with van der Waals surface area (Å²) < 4.78 is 18.1. The van der Waals surface area contributed by atoms with E-state index in [1.807, 2.05) is 0 Å². The standard InChI is InChI=1S/C16H16FNO3/c1-11(19)12-3-2-4-15(9-12)21-10-16(20)18-14-7-5-13(17)6-8-14/h2-9,11,19H,10H2,1H3,(H,18,20)/t11-/m0/s1. The lowest BCUT2D eigenvalue weighted by atomic mass is 10.1. The minimum absolute atomic E-state index is 0.166. The number of halogens is 1. The van der Waals surface area contributed by atoms with Gasteiger partial charge in [0.25, 0.3) is 5.91 Å². The molecule has 1 atom stereocenters. The Labute approximate surface area is 122 Å². The van der Waals surface area contributed by atoms with Crippen LogP contribution in [0.1, 0.15) is 18.6 Å². The number of nitrogens with one attached hydrogen (secondary N) is 1. The van der Waals surface area contributed by atoms with E-state index in [4.69, 9.17) is 4.74 Å². The summed E-state index contributed by atoms with van der Waals surface area (Å²) in [4.78, 5) is 11.7. The number of carbonyl (C=O) groups is 1. The first-order valence-electron chi connectivity index (χ1n) is 6.51. The minimum Gasteiger partial charge on any atom is -0.484 e. The van der Waals surface area contributed by atoms with Crippen molar-refractivity contribution >= 4 is 11.6 Å². The maximum absolute atomic E-state index is 12.7. The molecule has 110 valence electrons. The maximum Gasteiger partial charge on any atom is 0.262 e. The molecule has 2 aromatic rings. The molecule has 0 spiro atoms. The number of rotatable bonds is 5. The van der Waals surface area contributed by atoms with Crippen molar-refractivity contribution in [3.63, 3.8) is 0 Å². The van der Waals surface area contributed by atoms with Gasteiger partial charge in [0, 0.05) is 5.69 Å². The van der Waals surface area contributed by atoms with Crippen molar-refractivity contribution in [3.8, 4) is 5.75 Å². The van der Waals surface area contributed by atoms with E-state index in [9.17, 15) is 14.3 Å². The van der Waals surface area contributed by atoms with Crippen molar-refractivity contribution in [2.24, 2.45) is 0 Å². The van der Waals surface area contributed by atoms with Gasteiger partial charge in [0.1, 0.15) is 11.6 Å². The van der Waals surface area contributed by atoms with Crippen molar-refractivity contribution in [2.75, 3.05) is 11.9 Å². The molecular formula is C16H16FNO3. The van der Waals surface area contributed by atoms with Crippen LogP contribution in [0.5, 0.6) is 5.75 Å². The quantitative estimate of drug-likeness (QED) is 0.889. The van der Waals surface area contributed by atoms with Crippen molar-refractivity contribution in [3.05, 3.63) is 59.9 Å². The summed E-state index contributed by atoms with van der Waals surface area (Å²) in [6, 6.07) is 12.4. The molecule has 0 fully saturated rings. The van der Waals surface area contributed by atoms with Crippen LogP contribution in [0.3, 0.4) is 0 Å². The van der Waals surface area contributed by atoms with Crippen molar-refractivity contribution in [2.45, 2.75) is 13.0 Å². The summed E-state index contributed by atoms with van der Waals surface area (Å²) in [5, 5.41) is 12.1. The zero-order valence-corrected chi connectivity index (χ0v) is 11.5. The zero-order valence-electron chi connectivity index (χ0n) is 11.5. The van der Waals surface area contributed by atoms with Crippen LogP contribution in [0.4, 0.5) is 10.1 Å². The predicted octanol–water partition coefficient (Wildman–Crippen LogP) is 2.90. The SMILES string of the molecule is C[C@H](O)c1cccc(OCC(=O)Nc2ccc(F)cc2)c1. The van der Waals surface area contributed by atoms with Crippen molar-refractivity contribution < 1.29 is 19.0 Å². The second kappa shape index (κ2) is 6.85. The van der Waals surface area contributed by atoms with Gasteiger partial charge in [0.2, 0.25) is 0 Å². The average molecular weight is 289 g/mol. The molecule has 0 heterocycles. The Morgan fingerprint density at radius 3 is 2.67 bits per heavy atom. The van der Waals surface area contributed by atoms with E-state index in [-0.39, 0.29) is 18.3 Å². The van der Waals surface area contributed by atoms with Gasteiger partial charge in [0.15, 0.2) is 6.61 Å². The summed E-state index contributed by atoms with van der Waals surface area (Å²) >= 11 is 0. The number of carbonyl (C=O) groups excluding carboxylic acids is 1. The summed E-state index contributed by atoms with van der Waals surface area (Å²) in [5.74, 6) is -0.203. The van der Waals surface area contributed by atoms with Crippen LogP contribution < -0.4 is 10.1 Å². The monoisotopic (exact) mass is 289 g/mol. The topological polar surface area (TPSA) is 58.6 Å². The molecule has 0 aromatic heterocycles. The summed E-state index contributed by atoms with van der Waals surface area (Å²) in [7, 11) is 0. The van der Waals surface area contributed by atoms with Crippen LogP contribution >= 0.6 is 0 Å². The van der Waals surface area contributed by atoms with E-state index in [0.29, 0.717) is 17.0 Å². The Bertz CT molecular complexity index is 611. The summed E-state index contributed by atoms with van der Waals surface area (Å²) in [6.07, 6.45) is -0.596. The number of hydrogen-bond acceptors (Lipinski definition) is 3. The number of amides is 1. The van der Waals surface area contributed by atoms with E-state index < -0.39 is 6.10 Å². The molecule has 2 rings (SSSR count). The molecule has 2 aromatic carbocycles. The molecule has 1 amide bonds. The zero-order chi connectivity index (χ0) is 15.2. The maximum atomic E-state index is 12.7. The van der Waals surface area contributed by atoms with Gasteiger partial charge in [-0.05, 0) is 48.9 Å². The third kappa shape index (κ3) is 4.57. The molecular weight excluding hydrogens is 273 g/mol. The smallest absolute Gasteiger partial charge is 0.262 e. The van der Waals surface area contributed by atoms with E-state index >= 15 is 0 Å². The fourth-order valence-corrected chi connectivity index (χ4v) is 1.74. The number of ether oxygens (including phenoxy) is 1. The molecule has 0 aliphatic rings. The number of benzene rings is 2. The molecule has 2 N–H and O–H groups in total. The Balaban J connectivity index is 1.89. The molecule has 0 saturated carbocycles. The molecule has 0 bridgehead atoms. The van der Waals surface area contributed by atoms with Crippen LogP contribution in [0.2, 0.25) is 0 Å². The van der Waals surface area contributed by atoms with Gasteiger partial charge in [-0.1, -0.05) is 12.1 Å². The van der Waals surface area contributed by atoms with Gasteiger partial charge in [-0.3, -0.25) is 4.79 Å². The van der Waals surface area contributed by atoms with Crippen LogP contribution in [-0.4, -0.2) is 17.6 Å². The van der Waals surface area contributed by atoms with Gasteiger partial charge in [-0.25, -0.2) is 4.39 Å². The summed E-state index contributed by atoms with van der Waals surface area (Å²) in [5.41, 5.74) is 1.22. The van der Waals surface area contributed by atoms with E-state index in [2.05, 4.69) is 5.32 Å². The molecule has 4 nitrogen and oxygen atoms in total. The number of aliphatic hydroxyl groups is 1. The van der Waals surface area contributed by atoms with Gasteiger partial charge in [-0.15, -0.1) is 0 Å². The lowest BCUT2D eigenvalue weighted by Gasteiger charge is -2.10. The third-order valence-corrected chi connectivity index (χ3v) is 2.84. The third-order valence-electron chi connectivity index (χ3n) is 2.84. The number of hydrogen-bond donors (Lipinski definition) is 2. The predicted molar refractivity (Wildman–Crippen MR) is 77.6 cm³/mol. The molecule has 0 radical (unpaired) electrons. The Morgan fingerprint density at radius 1 is 1.29 bits per heavy atom. The van der Waals surface area contributed by atoms with E-state index in [0.717, 1.165) is 0 Å². The molecule has 0 saturated heterocycles. The first kappa shape index (κ1) is 15.0. The molecule has 5 heteroatoms. The van der Waals surface area contributed by atoms with Gasteiger partial charge in [0.05, 0.1) is 6.10 Å². The highest BCUT2D eigenvalue weighted by Gasteiger charge is 2.06. The molecule has 0 unspecified atom stereocenters. The van der Waals surface area contributed by atoms with Gasteiger partial charge < -0.3 is 15.2 Å². The Morgan fingerprint density at radius 2 is 2.00 bits per heavy atom. The number of aliphatic hydroxyl groups excluding tert-OH is 1. The first-order chi connectivity index (χ1) is 10.0. The minimum atomic E-state index is -0.596. The number of anilines is 1. The Kier molecular flexibility index (Phi) is 4.90. The van der Waals surface area contributed by atoms with E-state index in [1.165, 1.54) is 24.3 Å². The van der Waals surface area contributed by atoms with Gasteiger partial charge >= 0.3 is 0 Å². The average Bonchev–Trinajstić information content (AvgIpc) is 2.48. The van der Waals surface area contributed by atoms with Crippen LogP contribution in [0, 0.1) is 5.82 Å². The second-order valence-electron chi connectivity index (χ2n) is 4.59. The molecule has 0 aliphatic heterocycles. The van der Waals surface area contributed by atoms with Crippen LogP contribution in [-0.2, 0) is 4.79 Å². The first-order valence-corrected chi connectivity index (χ1v) is 6.51. The fraction of sp³-hybridized carbons (Fsp3) is 0.188. The van der Waals surface area contributed by atoms with Crippen molar-refractivity contribution in [1.29, 1.82) is 0 Å². The highest BCUT2D eigenvalue weighted by molar-refractivity contribution is 5.91. The van der Waals surface area contributed by atoms with Gasteiger partial charge in [-0.2, -0.15) is 0 Å². The van der Waals surface area contributed by atoms with Crippen LogP contribution in [0.15, 0.2) is 48.5 Å². The lowest BCUT2D eigenvalue weighted by Crippen LogP contribution is -2.20. The Hall–Kier alpha value is -2.40. The highest BCUT2D eigenvalue weighted by atomic mass is 19.1. The molecule has 0 aliphatic carbocycles. The second-order valence-corrected chi connectivity index (χ2v) is 4.59. The summed E-state index contributed by atoms with van der Waals surface area (Å²) in [6.45, 7) is 1.49. The highest BCUT2D eigenvalue weighted by Crippen LogP contribution is 2.18. The van der Waals surface area contributed by atoms with E-state index in [1.54, 1.807) is 31.2 Å². The fourth-order valence-electron chi connectivity index (χ4n) is 1.74. The van der Waals surface area contributed by atoms with Crippen molar-refractivity contribution in [1.82, 2.24) is 0 Å². The normalized spacial score (nSPS) is 11.8.